The third-order valence-corrected chi connectivity index (χ3v) is 7.22. The van der Waals surface area contributed by atoms with E-state index in [1.807, 2.05) is 0 Å². The Bertz CT molecular complexity index is 1480. The number of benzene rings is 4. The molecule has 4 aromatic rings. The molecule has 0 radical (unpaired) electrons. The molecule has 0 bridgehead atoms. The molecule has 5 rings (SSSR count). The molecule has 12 heteroatoms. The highest BCUT2D eigenvalue weighted by atomic mass is 79.9. The van der Waals surface area contributed by atoms with E-state index in [4.69, 9.17) is 0 Å². The fraction of sp³-hybridized carbons (Fsp3) is 0.0400. The first-order valence-corrected chi connectivity index (χ1v) is 11.6. The highest BCUT2D eigenvalue weighted by Crippen LogP contribution is 2.59. The van der Waals surface area contributed by atoms with Crippen LogP contribution in [0, 0.1) is 58.2 Å². The molecule has 0 aromatic heterocycles. The van der Waals surface area contributed by atoms with Crippen LogP contribution in [0.1, 0.15) is 22.3 Å². The van der Waals surface area contributed by atoms with Crippen molar-refractivity contribution in [3.8, 4) is 11.1 Å². The molecule has 0 atom stereocenters. The number of halogens is 12. The maximum atomic E-state index is 15.5. The molecule has 0 fully saturated rings. The molecule has 0 unspecified atom stereocenters. The van der Waals surface area contributed by atoms with Gasteiger partial charge in [0.2, 0.25) is 11.6 Å². The van der Waals surface area contributed by atoms with E-state index < -0.39 is 85.8 Å². The quantitative estimate of drug-likeness (QED) is 0.101. The van der Waals surface area contributed by atoms with E-state index in [9.17, 15) is 26.3 Å². The van der Waals surface area contributed by atoms with Gasteiger partial charge in [-0.3, -0.25) is 0 Å². The summed E-state index contributed by atoms with van der Waals surface area (Å²) in [5, 5.41) is 0. The van der Waals surface area contributed by atoms with Crippen molar-refractivity contribution in [1.82, 2.24) is 0 Å². The molecule has 0 heterocycles. The van der Waals surface area contributed by atoms with Crippen molar-refractivity contribution >= 4 is 31.9 Å². The van der Waals surface area contributed by atoms with Crippen molar-refractivity contribution in [3.63, 3.8) is 0 Å². The van der Waals surface area contributed by atoms with Crippen LogP contribution in [-0.4, -0.2) is 0 Å². The fourth-order valence-electron chi connectivity index (χ4n) is 4.80. The van der Waals surface area contributed by atoms with E-state index in [0.717, 1.165) is 12.1 Å². The van der Waals surface area contributed by atoms with Crippen LogP contribution in [0.25, 0.3) is 11.1 Å². The summed E-state index contributed by atoms with van der Waals surface area (Å²) in [6.07, 6.45) is 0. The minimum absolute atomic E-state index is 0.0152. The second kappa shape index (κ2) is 8.59. The summed E-state index contributed by atoms with van der Waals surface area (Å²) in [6.45, 7) is 0. The van der Waals surface area contributed by atoms with Gasteiger partial charge in [-0.25, -0.2) is 43.9 Å². The lowest BCUT2D eigenvalue weighted by molar-refractivity contribution is 0.347. The minimum Gasteiger partial charge on any atom is -0.203 e. The highest BCUT2D eigenvalue weighted by molar-refractivity contribution is 9.10. The number of hydrogen-bond acceptors (Lipinski definition) is 0. The molecule has 0 aliphatic heterocycles. The van der Waals surface area contributed by atoms with E-state index in [-0.39, 0.29) is 20.1 Å². The van der Waals surface area contributed by atoms with Crippen LogP contribution in [-0.2, 0) is 5.41 Å². The Morgan fingerprint density at radius 3 is 0.973 bits per heavy atom. The van der Waals surface area contributed by atoms with Crippen molar-refractivity contribution in [1.29, 1.82) is 0 Å². The Morgan fingerprint density at radius 2 is 0.676 bits per heavy atom. The first-order chi connectivity index (χ1) is 17.3. The Morgan fingerprint density at radius 1 is 0.405 bits per heavy atom. The summed E-state index contributed by atoms with van der Waals surface area (Å²) in [5.41, 5.74) is -7.88. The summed E-state index contributed by atoms with van der Waals surface area (Å²) in [6, 6.07) is 7.48. The predicted octanol–water partition coefficient (Wildman–Crippen LogP) is 8.97. The molecule has 0 saturated heterocycles. The van der Waals surface area contributed by atoms with Crippen molar-refractivity contribution in [3.05, 3.63) is 126 Å². The monoisotopic (exact) mass is 654 g/mol. The average Bonchev–Trinajstić information content (AvgIpc) is 3.13. The number of fused-ring (bicyclic) bond motifs is 3. The topological polar surface area (TPSA) is 0 Å². The molecule has 37 heavy (non-hydrogen) atoms. The van der Waals surface area contributed by atoms with E-state index >= 15 is 17.6 Å². The molecule has 0 nitrogen and oxygen atoms in total. The molecule has 190 valence electrons. The van der Waals surface area contributed by atoms with Crippen molar-refractivity contribution < 1.29 is 43.9 Å². The van der Waals surface area contributed by atoms with Gasteiger partial charge < -0.3 is 0 Å². The van der Waals surface area contributed by atoms with Crippen LogP contribution in [0.3, 0.4) is 0 Å². The maximum absolute atomic E-state index is 15.5. The second-order valence-electron chi connectivity index (χ2n) is 8.02. The van der Waals surface area contributed by atoms with Gasteiger partial charge in [-0.05, 0) is 46.5 Å². The summed E-state index contributed by atoms with van der Waals surface area (Å²) in [7, 11) is 0. The van der Waals surface area contributed by atoms with Gasteiger partial charge >= 0.3 is 0 Å². The zero-order valence-electron chi connectivity index (χ0n) is 17.5. The summed E-state index contributed by atoms with van der Waals surface area (Å²) >= 11 is 6.15. The van der Waals surface area contributed by atoms with Crippen LogP contribution >= 0.6 is 31.9 Å². The Balaban J connectivity index is 2.18. The molecular formula is C25H6Br2F10. The smallest absolute Gasteiger partial charge is 0.200 e. The Hall–Kier alpha value is -2.86. The molecular weight excluding hydrogens is 650 g/mol. The van der Waals surface area contributed by atoms with Crippen LogP contribution < -0.4 is 0 Å². The first-order valence-electron chi connectivity index (χ1n) is 9.99. The van der Waals surface area contributed by atoms with Gasteiger partial charge in [-0.1, -0.05) is 44.0 Å². The van der Waals surface area contributed by atoms with Gasteiger partial charge in [0.15, 0.2) is 46.5 Å². The molecule has 4 aromatic carbocycles. The zero-order valence-corrected chi connectivity index (χ0v) is 20.7. The third-order valence-electron chi connectivity index (χ3n) is 6.23. The minimum atomic E-state index is -3.22. The fourth-order valence-corrected chi connectivity index (χ4v) is 5.52. The third kappa shape index (κ3) is 3.27. The zero-order chi connectivity index (χ0) is 27.1. The molecule has 0 N–H and O–H groups in total. The van der Waals surface area contributed by atoms with Crippen LogP contribution in [0.5, 0.6) is 0 Å². The maximum Gasteiger partial charge on any atom is 0.200 e. The van der Waals surface area contributed by atoms with Crippen molar-refractivity contribution in [2.24, 2.45) is 0 Å². The lowest BCUT2D eigenvalue weighted by atomic mass is 9.66. The highest BCUT2D eigenvalue weighted by Gasteiger charge is 2.55. The molecule has 1 aliphatic carbocycles. The summed E-state index contributed by atoms with van der Waals surface area (Å²) < 4.78 is 148. The van der Waals surface area contributed by atoms with Gasteiger partial charge in [-0.2, -0.15) is 0 Å². The first kappa shape index (κ1) is 25.8. The van der Waals surface area contributed by atoms with Crippen LogP contribution in [0.4, 0.5) is 43.9 Å². The summed E-state index contributed by atoms with van der Waals surface area (Å²) in [4.78, 5) is 0. The van der Waals surface area contributed by atoms with E-state index in [1.165, 1.54) is 24.3 Å². The Labute approximate surface area is 217 Å². The van der Waals surface area contributed by atoms with E-state index in [0.29, 0.717) is 0 Å². The lowest BCUT2D eigenvalue weighted by Crippen LogP contribution is -2.36. The predicted molar refractivity (Wildman–Crippen MR) is 119 cm³/mol. The number of hydrogen-bond donors (Lipinski definition) is 0. The van der Waals surface area contributed by atoms with Crippen molar-refractivity contribution in [2.45, 2.75) is 5.41 Å². The largest absolute Gasteiger partial charge is 0.203 e. The van der Waals surface area contributed by atoms with Gasteiger partial charge in [-0.15, -0.1) is 0 Å². The van der Waals surface area contributed by atoms with Crippen LogP contribution in [0.15, 0.2) is 45.3 Å². The van der Waals surface area contributed by atoms with E-state index in [2.05, 4.69) is 31.9 Å². The van der Waals surface area contributed by atoms with Gasteiger partial charge in [0.05, 0.1) is 5.41 Å². The average molecular weight is 656 g/mol. The molecule has 0 amide bonds. The van der Waals surface area contributed by atoms with Crippen molar-refractivity contribution in [2.75, 3.05) is 0 Å². The van der Waals surface area contributed by atoms with Crippen LogP contribution in [0.2, 0.25) is 0 Å². The van der Waals surface area contributed by atoms with Gasteiger partial charge in [0.1, 0.15) is 0 Å². The van der Waals surface area contributed by atoms with E-state index in [1.54, 1.807) is 0 Å². The Kier molecular flexibility index (Phi) is 5.98. The second-order valence-corrected chi connectivity index (χ2v) is 9.85. The van der Waals surface area contributed by atoms with Gasteiger partial charge in [0.25, 0.3) is 0 Å². The molecule has 0 saturated carbocycles. The molecule has 0 spiro atoms. The number of rotatable bonds is 2. The SMILES string of the molecule is Fc1c(F)c(F)c(C2(c3c(F)c(F)c(F)c(F)c3F)c3cc(Br)ccc3-c3ccc(Br)cc32)c(F)c1F. The van der Waals surface area contributed by atoms with Gasteiger partial charge in [0, 0.05) is 20.1 Å². The summed E-state index contributed by atoms with van der Waals surface area (Å²) in [5.74, 6) is -25.1. The standard InChI is InChI=1S/C25H6Br2F10/c26-7-1-3-9-10-4-2-8(27)6-12(10)25(11(9)5-7,13-15(28)19(32)23(36)20(33)16(13)29)14-17(30)21(34)24(37)22(35)18(14)31/h1-6H. The normalized spacial score (nSPS) is 13.6. The molecule has 1 aliphatic rings. The lowest BCUT2D eigenvalue weighted by Gasteiger charge is -2.35.